The van der Waals surface area contributed by atoms with Crippen molar-refractivity contribution in [1.29, 1.82) is 0 Å². The van der Waals surface area contributed by atoms with E-state index in [2.05, 4.69) is 21.2 Å². The maximum Gasteiger partial charge on any atom is 0.408 e. The average molecular weight is 399 g/mol. The van der Waals surface area contributed by atoms with Crippen LogP contribution in [-0.2, 0) is 16.1 Å². The van der Waals surface area contributed by atoms with Gasteiger partial charge in [0, 0.05) is 4.47 Å². The lowest BCUT2D eigenvalue weighted by Gasteiger charge is -2.15. The minimum Gasteiger partial charge on any atom is -0.479 e. The van der Waals surface area contributed by atoms with Crippen molar-refractivity contribution in [2.24, 2.45) is 0 Å². The molecule has 0 aliphatic heterocycles. The molecule has 0 spiro atoms. The first-order valence-corrected chi connectivity index (χ1v) is 7.79. The zero-order chi connectivity index (χ0) is 16.8. The molecule has 23 heavy (non-hydrogen) atoms. The van der Waals surface area contributed by atoms with Crippen LogP contribution in [0.25, 0.3) is 0 Å². The normalized spacial score (nSPS) is 11.6. The van der Waals surface area contributed by atoms with Crippen LogP contribution in [0.1, 0.15) is 17.2 Å². The highest BCUT2D eigenvalue weighted by Gasteiger charge is 2.23. The number of ether oxygens (including phenoxy) is 1. The van der Waals surface area contributed by atoms with E-state index in [1.165, 1.54) is 6.07 Å². The highest BCUT2D eigenvalue weighted by Crippen LogP contribution is 2.26. The van der Waals surface area contributed by atoms with E-state index in [1.54, 1.807) is 24.3 Å². The SMILES string of the molecule is O=C(NC(C(=O)O)c1ccc(Br)c(Cl)c1)OCc1ccccc1. The fourth-order valence-electron chi connectivity index (χ4n) is 1.86. The Kier molecular flexibility index (Phi) is 6.01. The minimum atomic E-state index is -1.25. The molecule has 2 rings (SSSR count). The summed E-state index contributed by atoms with van der Waals surface area (Å²) in [7, 11) is 0. The predicted molar refractivity (Wildman–Crippen MR) is 89.3 cm³/mol. The number of benzene rings is 2. The summed E-state index contributed by atoms with van der Waals surface area (Å²) in [5.74, 6) is -1.21. The number of carbonyl (C=O) groups is 2. The van der Waals surface area contributed by atoms with Gasteiger partial charge in [0.15, 0.2) is 6.04 Å². The molecule has 7 heteroatoms. The van der Waals surface area contributed by atoms with Crippen LogP contribution < -0.4 is 5.32 Å². The maximum atomic E-state index is 11.8. The number of rotatable bonds is 5. The van der Waals surface area contributed by atoms with Crippen molar-refractivity contribution in [3.05, 3.63) is 69.2 Å². The third kappa shape index (κ3) is 4.97. The van der Waals surface area contributed by atoms with Gasteiger partial charge in [-0.05, 0) is 39.2 Å². The highest BCUT2D eigenvalue weighted by atomic mass is 79.9. The zero-order valence-electron chi connectivity index (χ0n) is 11.8. The Morgan fingerprint density at radius 1 is 1.22 bits per heavy atom. The van der Waals surface area contributed by atoms with E-state index < -0.39 is 18.1 Å². The van der Waals surface area contributed by atoms with Crippen LogP contribution in [-0.4, -0.2) is 17.2 Å². The van der Waals surface area contributed by atoms with E-state index in [0.29, 0.717) is 15.1 Å². The van der Waals surface area contributed by atoms with Gasteiger partial charge in [-0.1, -0.05) is 48.0 Å². The Balaban J connectivity index is 2.02. The molecule has 0 radical (unpaired) electrons. The Bertz CT molecular complexity index is 708. The van der Waals surface area contributed by atoms with Gasteiger partial charge in [0.05, 0.1) is 5.02 Å². The number of carboxylic acid groups (broad SMARTS) is 1. The molecule has 1 atom stereocenters. The van der Waals surface area contributed by atoms with Gasteiger partial charge < -0.3 is 15.2 Å². The largest absolute Gasteiger partial charge is 0.479 e. The smallest absolute Gasteiger partial charge is 0.408 e. The molecule has 2 aromatic rings. The summed E-state index contributed by atoms with van der Waals surface area (Å²) >= 11 is 9.18. The van der Waals surface area contributed by atoms with Gasteiger partial charge in [-0.25, -0.2) is 9.59 Å². The number of hydrogen-bond donors (Lipinski definition) is 2. The zero-order valence-corrected chi connectivity index (χ0v) is 14.2. The number of aliphatic carboxylic acids is 1. The van der Waals surface area contributed by atoms with Gasteiger partial charge in [0.1, 0.15) is 6.61 Å². The van der Waals surface area contributed by atoms with Crippen molar-refractivity contribution in [1.82, 2.24) is 5.32 Å². The fourth-order valence-corrected chi connectivity index (χ4v) is 2.30. The average Bonchev–Trinajstić information content (AvgIpc) is 2.54. The molecule has 1 unspecified atom stereocenters. The highest BCUT2D eigenvalue weighted by molar-refractivity contribution is 9.10. The summed E-state index contributed by atoms with van der Waals surface area (Å²) in [6.45, 7) is 0.0557. The van der Waals surface area contributed by atoms with Crippen molar-refractivity contribution in [3.63, 3.8) is 0 Å². The molecule has 0 bridgehead atoms. The van der Waals surface area contributed by atoms with E-state index in [4.69, 9.17) is 16.3 Å². The molecule has 1 amide bonds. The first-order valence-electron chi connectivity index (χ1n) is 6.62. The summed E-state index contributed by atoms with van der Waals surface area (Å²) in [5, 5.41) is 12.0. The quantitative estimate of drug-likeness (QED) is 0.793. The first kappa shape index (κ1) is 17.3. The number of carboxylic acids is 1. The molecular formula is C16H13BrClNO4. The maximum absolute atomic E-state index is 11.8. The lowest BCUT2D eigenvalue weighted by molar-refractivity contribution is -0.139. The third-order valence-electron chi connectivity index (χ3n) is 3.00. The van der Waals surface area contributed by atoms with E-state index in [0.717, 1.165) is 5.56 Å². The third-order valence-corrected chi connectivity index (χ3v) is 4.23. The molecule has 2 N–H and O–H groups in total. The van der Waals surface area contributed by atoms with Gasteiger partial charge in [0.2, 0.25) is 0 Å². The van der Waals surface area contributed by atoms with Gasteiger partial charge in [-0.15, -0.1) is 0 Å². The Morgan fingerprint density at radius 2 is 1.91 bits per heavy atom. The van der Waals surface area contributed by atoms with Crippen LogP contribution in [0, 0.1) is 0 Å². The van der Waals surface area contributed by atoms with E-state index in [1.807, 2.05) is 18.2 Å². The Morgan fingerprint density at radius 3 is 2.52 bits per heavy atom. The number of carbonyl (C=O) groups excluding carboxylic acids is 1. The second-order valence-electron chi connectivity index (χ2n) is 4.65. The molecule has 0 saturated heterocycles. The van der Waals surface area contributed by atoms with E-state index in [-0.39, 0.29) is 6.61 Å². The number of alkyl carbamates (subject to hydrolysis) is 1. The molecule has 0 heterocycles. The summed E-state index contributed by atoms with van der Waals surface area (Å²) in [5.41, 5.74) is 1.16. The number of amides is 1. The van der Waals surface area contributed by atoms with Gasteiger partial charge in [-0.2, -0.15) is 0 Å². The topological polar surface area (TPSA) is 75.6 Å². The second kappa shape index (κ2) is 7.99. The van der Waals surface area contributed by atoms with Crippen molar-refractivity contribution in [2.75, 3.05) is 0 Å². The van der Waals surface area contributed by atoms with Crippen LogP contribution in [0.2, 0.25) is 5.02 Å². The summed E-state index contributed by atoms with van der Waals surface area (Å²) in [6, 6.07) is 12.5. The second-order valence-corrected chi connectivity index (χ2v) is 5.91. The monoisotopic (exact) mass is 397 g/mol. The summed E-state index contributed by atoms with van der Waals surface area (Å²) < 4.78 is 5.67. The van der Waals surface area contributed by atoms with Crippen LogP contribution in [0.5, 0.6) is 0 Å². The Hall–Kier alpha value is -2.05. The van der Waals surface area contributed by atoms with Crippen molar-refractivity contribution >= 4 is 39.6 Å². The van der Waals surface area contributed by atoms with Crippen LogP contribution in [0.3, 0.4) is 0 Å². The molecule has 5 nitrogen and oxygen atoms in total. The van der Waals surface area contributed by atoms with Gasteiger partial charge in [-0.3, -0.25) is 0 Å². The molecular weight excluding hydrogens is 386 g/mol. The summed E-state index contributed by atoms with van der Waals surface area (Å²) in [6.07, 6.45) is -0.819. The van der Waals surface area contributed by atoms with Crippen molar-refractivity contribution in [2.45, 2.75) is 12.6 Å². The lowest BCUT2D eigenvalue weighted by atomic mass is 10.1. The predicted octanol–water partition coefficient (Wildman–Crippen LogP) is 4.15. The fraction of sp³-hybridized carbons (Fsp3) is 0.125. The molecule has 0 fully saturated rings. The standard InChI is InChI=1S/C16H13BrClNO4/c17-12-7-6-11(8-13(12)18)14(15(20)21)19-16(22)23-9-10-4-2-1-3-5-10/h1-8,14H,9H2,(H,19,22)(H,20,21). The number of halogens is 2. The number of hydrogen-bond acceptors (Lipinski definition) is 3. The number of nitrogens with one attached hydrogen (secondary N) is 1. The van der Waals surface area contributed by atoms with Gasteiger partial charge in [0.25, 0.3) is 0 Å². The van der Waals surface area contributed by atoms with Crippen LogP contribution in [0.15, 0.2) is 53.0 Å². The van der Waals surface area contributed by atoms with E-state index >= 15 is 0 Å². The molecule has 120 valence electrons. The van der Waals surface area contributed by atoms with Crippen molar-refractivity contribution < 1.29 is 19.4 Å². The molecule has 0 aliphatic rings. The minimum absolute atomic E-state index is 0.0557. The molecule has 2 aromatic carbocycles. The van der Waals surface area contributed by atoms with Crippen LogP contribution >= 0.6 is 27.5 Å². The molecule has 0 saturated carbocycles. The molecule has 0 aliphatic carbocycles. The van der Waals surface area contributed by atoms with Crippen LogP contribution in [0.4, 0.5) is 4.79 Å². The van der Waals surface area contributed by atoms with Crippen molar-refractivity contribution in [3.8, 4) is 0 Å². The Labute approximate surface area is 146 Å². The van der Waals surface area contributed by atoms with Gasteiger partial charge >= 0.3 is 12.1 Å². The summed E-state index contributed by atoms with van der Waals surface area (Å²) in [4.78, 5) is 23.2. The lowest BCUT2D eigenvalue weighted by Crippen LogP contribution is -2.34. The van der Waals surface area contributed by atoms with E-state index in [9.17, 15) is 14.7 Å². The first-order chi connectivity index (χ1) is 11.0. The molecule has 0 aromatic heterocycles.